The number of halogens is 1. The maximum absolute atomic E-state index is 14.4. The molecule has 4 rings (SSSR count). The lowest BCUT2D eigenvalue weighted by Crippen LogP contribution is -2.47. The van der Waals surface area contributed by atoms with Crippen molar-refractivity contribution in [2.75, 3.05) is 33.2 Å². The molecule has 0 bridgehead atoms. The van der Waals surface area contributed by atoms with E-state index in [9.17, 15) is 14.0 Å². The molecule has 32 heavy (non-hydrogen) atoms. The van der Waals surface area contributed by atoms with Crippen molar-refractivity contribution in [2.45, 2.75) is 20.3 Å². The van der Waals surface area contributed by atoms with Gasteiger partial charge in [0.2, 0.25) is 0 Å². The second-order valence-electron chi connectivity index (χ2n) is 7.13. The Kier molecular flexibility index (Phi) is 9.22. The van der Waals surface area contributed by atoms with E-state index in [1.54, 1.807) is 29.2 Å². The molecular weight excluding hydrogens is 411 g/mol. The maximum Gasteiger partial charge on any atom is 0.272 e. The van der Waals surface area contributed by atoms with E-state index in [1.807, 2.05) is 39.8 Å². The maximum atomic E-state index is 14.4. The highest BCUT2D eigenvalue weighted by Gasteiger charge is 2.23. The van der Waals surface area contributed by atoms with Gasteiger partial charge in [0.1, 0.15) is 12.6 Å². The Hall–Kier alpha value is -3.39. The summed E-state index contributed by atoms with van der Waals surface area (Å²) in [6.45, 7) is 8.73. The molecule has 1 aliphatic heterocycles. The number of hydrogen-bond acceptors (Lipinski definition) is 5. The molecule has 8 heteroatoms. The monoisotopic (exact) mass is 440 g/mol. The third kappa shape index (κ3) is 5.64. The Morgan fingerprint density at radius 3 is 2.34 bits per heavy atom. The van der Waals surface area contributed by atoms with Crippen LogP contribution in [0.5, 0.6) is 0 Å². The smallest absolute Gasteiger partial charge is 0.272 e. The van der Waals surface area contributed by atoms with Gasteiger partial charge in [-0.2, -0.15) is 5.10 Å². The SMILES string of the molecule is C=O.CC.CN1CCN(C(=O)c2cc(Cc3n[nH]c(=O)c4ccccc34)ccc2F)CC1. The van der Waals surface area contributed by atoms with Crippen LogP contribution in [0.25, 0.3) is 10.8 Å². The molecule has 1 fully saturated rings. The Labute approximate surface area is 186 Å². The van der Waals surface area contributed by atoms with Gasteiger partial charge in [0.05, 0.1) is 16.6 Å². The average molecular weight is 441 g/mol. The molecule has 3 aromatic rings. The molecule has 170 valence electrons. The fourth-order valence-electron chi connectivity index (χ4n) is 3.53. The van der Waals surface area contributed by atoms with Crippen LogP contribution in [0.3, 0.4) is 0 Å². The molecule has 1 saturated heterocycles. The lowest BCUT2D eigenvalue weighted by atomic mass is 10.0. The number of carbonyl (C=O) groups is 2. The number of rotatable bonds is 3. The van der Waals surface area contributed by atoms with E-state index in [4.69, 9.17) is 4.79 Å². The fourth-order valence-corrected chi connectivity index (χ4v) is 3.53. The number of likely N-dealkylation sites (N-methyl/N-ethyl adjacent to an activating group) is 1. The summed E-state index contributed by atoms with van der Waals surface area (Å²) in [5, 5.41) is 7.98. The second kappa shape index (κ2) is 11.9. The molecule has 1 aliphatic rings. The summed E-state index contributed by atoms with van der Waals surface area (Å²) >= 11 is 0. The highest BCUT2D eigenvalue weighted by atomic mass is 19.1. The van der Waals surface area contributed by atoms with Crippen molar-refractivity contribution in [1.29, 1.82) is 0 Å². The van der Waals surface area contributed by atoms with Crippen LogP contribution in [0.2, 0.25) is 0 Å². The molecule has 0 saturated carbocycles. The number of benzene rings is 2. The largest absolute Gasteiger partial charge is 0.336 e. The first-order chi connectivity index (χ1) is 15.5. The van der Waals surface area contributed by atoms with Gasteiger partial charge in [0.15, 0.2) is 0 Å². The van der Waals surface area contributed by atoms with Crippen LogP contribution < -0.4 is 5.56 Å². The highest BCUT2D eigenvalue weighted by molar-refractivity contribution is 5.95. The number of aromatic nitrogens is 2. The van der Waals surface area contributed by atoms with Crippen molar-refractivity contribution in [1.82, 2.24) is 20.0 Å². The van der Waals surface area contributed by atoms with E-state index in [2.05, 4.69) is 15.1 Å². The number of aromatic amines is 1. The molecule has 0 unspecified atom stereocenters. The summed E-state index contributed by atoms with van der Waals surface area (Å²) in [6, 6.07) is 11.8. The van der Waals surface area contributed by atoms with Gasteiger partial charge < -0.3 is 14.6 Å². The number of amides is 1. The summed E-state index contributed by atoms with van der Waals surface area (Å²) in [5.74, 6) is -0.807. The topological polar surface area (TPSA) is 86.4 Å². The molecule has 0 aliphatic carbocycles. The predicted octanol–water partition coefficient (Wildman–Crippen LogP) is 2.88. The first-order valence-corrected chi connectivity index (χ1v) is 10.5. The number of piperazine rings is 1. The van der Waals surface area contributed by atoms with Crippen LogP contribution in [0, 0.1) is 5.82 Å². The summed E-state index contributed by atoms with van der Waals surface area (Å²) in [7, 11) is 2.00. The lowest BCUT2D eigenvalue weighted by molar-refractivity contribution is -0.0980. The van der Waals surface area contributed by atoms with Crippen LogP contribution in [0.15, 0.2) is 47.3 Å². The quantitative estimate of drug-likeness (QED) is 0.677. The zero-order chi connectivity index (χ0) is 23.7. The third-order valence-electron chi connectivity index (χ3n) is 5.20. The van der Waals surface area contributed by atoms with Crippen LogP contribution in [0.1, 0.15) is 35.5 Å². The van der Waals surface area contributed by atoms with Gasteiger partial charge >= 0.3 is 0 Å². The molecule has 2 aromatic carbocycles. The van der Waals surface area contributed by atoms with Crippen molar-refractivity contribution in [3.63, 3.8) is 0 Å². The molecule has 1 aromatic heterocycles. The standard InChI is InChI=1S/C21H21FN4O2.C2H6.CH2O/c1-25-8-10-26(11-9-25)21(28)17-12-14(6-7-18(17)22)13-19-15-4-2-3-5-16(15)20(27)24-23-19;2*1-2/h2-7,12H,8-11,13H2,1H3,(H,24,27);1-2H3;1H2. The van der Waals surface area contributed by atoms with Crippen molar-refractivity contribution >= 4 is 23.5 Å². The minimum absolute atomic E-state index is 0.0794. The van der Waals surface area contributed by atoms with Crippen molar-refractivity contribution in [3.8, 4) is 0 Å². The lowest BCUT2D eigenvalue weighted by Gasteiger charge is -2.32. The number of nitrogens with zero attached hydrogens (tertiary/aromatic N) is 3. The number of nitrogens with one attached hydrogen (secondary N) is 1. The number of fused-ring (bicyclic) bond motifs is 1. The van der Waals surface area contributed by atoms with Gasteiger partial charge in [-0.25, -0.2) is 9.49 Å². The minimum Gasteiger partial charge on any atom is -0.336 e. The molecule has 1 amide bonds. The molecule has 0 atom stereocenters. The number of H-pyrrole nitrogens is 1. The Morgan fingerprint density at radius 2 is 1.69 bits per heavy atom. The normalized spacial score (nSPS) is 13.6. The zero-order valence-electron chi connectivity index (χ0n) is 18.7. The van der Waals surface area contributed by atoms with Crippen LogP contribution in [-0.4, -0.2) is 65.9 Å². The van der Waals surface area contributed by atoms with Gasteiger partial charge in [0, 0.05) is 38.0 Å². The molecular formula is C24H29FN4O3. The Balaban J connectivity index is 0.000000860. The number of carbonyl (C=O) groups excluding carboxylic acids is 2. The fraction of sp³-hybridized carbons (Fsp3) is 0.333. The van der Waals surface area contributed by atoms with Gasteiger partial charge in [-0.15, -0.1) is 0 Å². The van der Waals surface area contributed by atoms with Gasteiger partial charge in [-0.05, 0) is 30.8 Å². The van der Waals surface area contributed by atoms with Gasteiger partial charge in [-0.3, -0.25) is 9.59 Å². The summed E-state index contributed by atoms with van der Waals surface area (Å²) in [4.78, 5) is 36.6. The third-order valence-corrected chi connectivity index (χ3v) is 5.20. The first kappa shape index (κ1) is 24.9. The highest BCUT2D eigenvalue weighted by Crippen LogP contribution is 2.19. The summed E-state index contributed by atoms with van der Waals surface area (Å²) in [6.07, 6.45) is 0.389. The minimum atomic E-state index is -0.521. The van der Waals surface area contributed by atoms with E-state index in [-0.39, 0.29) is 17.0 Å². The first-order valence-electron chi connectivity index (χ1n) is 10.5. The molecule has 0 radical (unpaired) electrons. The second-order valence-corrected chi connectivity index (χ2v) is 7.13. The van der Waals surface area contributed by atoms with Crippen molar-refractivity contribution in [3.05, 3.63) is 75.5 Å². The van der Waals surface area contributed by atoms with E-state index in [0.717, 1.165) is 24.0 Å². The zero-order valence-corrected chi connectivity index (χ0v) is 18.7. The van der Waals surface area contributed by atoms with E-state index in [0.29, 0.717) is 30.6 Å². The van der Waals surface area contributed by atoms with Gasteiger partial charge in [-0.1, -0.05) is 38.1 Å². The van der Waals surface area contributed by atoms with E-state index in [1.165, 1.54) is 6.07 Å². The molecule has 7 nitrogen and oxygen atoms in total. The summed E-state index contributed by atoms with van der Waals surface area (Å²) < 4.78 is 14.4. The van der Waals surface area contributed by atoms with Crippen LogP contribution in [-0.2, 0) is 11.2 Å². The molecule has 0 spiro atoms. The predicted molar refractivity (Wildman–Crippen MR) is 123 cm³/mol. The van der Waals surface area contributed by atoms with E-state index < -0.39 is 5.82 Å². The molecule has 1 N–H and O–H groups in total. The van der Waals surface area contributed by atoms with Crippen molar-refractivity contribution in [2.24, 2.45) is 0 Å². The average Bonchev–Trinajstić information content (AvgIpc) is 2.85. The van der Waals surface area contributed by atoms with Crippen LogP contribution in [0.4, 0.5) is 4.39 Å². The van der Waals surface area contributed by atoms with Crippen LogP contribution >= 0.6 is 0 Å². The summed E-state index contributed by atoms with van der Waals surface area (Å²) in [5.41, 5.74) is 1.28. The van der Waals surface area contributed by atoms with E-state index >= 15 is 0 Å². The molecule has 2 heterocycles. The Bertz CT molecular complexity index is 1110. The number of hydrogen-bond donors (Lipinski definition) is 1. The van der Waals surface area contributed by atoms with Crippen molar-refractivity contribution < 1.29 is 14.0 Å². The van der Waals surface area contributed by atoms with Gasteiger partial charge in [0.25, 0.3) is 11.5 Å². The Morgan fingerprint density at radius 1 is 1.06 bits per heavy atom.